The average Bonchev–Trinajstić information content (AvgIpc) is 2.23. The number of hydrogen-bond donors (Lipinski definition) is 0. The molecule has 0 aliphatic heterocycles. The summed E-state index contributed by atoms with van der Waals surface area (Å²) in [7, 11) is 0. The second-order valence-corrected chi connectivity index (χ2v) is 3.26. The highest BCUT2D eigenvalue weighted by Crippen LogP contribution is 2.27. The topological polar surface area (TPSA) is 23.8 Å². The SMILES string of the molecule is CCC(C#N)=C(Cl)c1cc(F)ccc1F. The van der Waals surface area contributed by atoms with Crippen molar-refractivity contribution in [1.82, 2.24) is 0 Å². The van der Waals surface area contributed by atoms with Gasteiger partial charge in [0.1, 0.15) is 11.6 Å². The third-order valence-corrected chi connectivity index (χ3v) is 2.35. The molecule has 78 valence electrons. The van der Waals surface area contributed by atoms with Gasteiger partial charge in [0, 0.05) is 11.1 Å². The lowest BCUT2D eigenvalue weighted by Gasteiger charge is -2.03. The molecule has 1 nitrogen and oxygen atoms in total. The molecule has 0 fully saturated rings. The molecular weight excluding hydrogens is 220 g/mol. The van der Waals surface area contributed by atoms with Crippen LogP contribution in [0.15, 0.2) is 23.8 Å². The quantitative estimate of drug-likeness (QED) is 0.704. The molecule has 0 atom stereocenters. The fourth-order valence-corrected chi connectivity index (χ4v) is 1.43. The zero-order valence-corrected chi connectivity index (χ0v) is 8.78. The Kier molecular flexibility index (Phi) is 3.81. The molecule has 1 aromatic carbocycles. The predicted molar refractivity (Wildman–Crippen MR) is 55.0 cm³/mol. The maximum Gasteiger partial charge on any atom is 0.132 e. The van der Waals surface area contributed by atoms with Crippen LogP contribution in [0, 0.1) is 23.0 Å². The van der Waals surface area contributed by atoms with Gasteiger partial charge >= 0.3 is 0 Å². The van der Waals surface area contributed by atoms with Crippen molar-refractivity contribution in [3.8, 4) is 6.07 Å². The molecule has 0 N–H and O–H groups in total. The van der Waals surface area contributed by atoms with E-state index in [0.717, 1.165) is 18.2 Å². The molecule has 0 saturated heterocycles. The van der Waals surface area contributed by atoms with E-state index in [1.165, 1.54) is 0 Å². The normalized spacial score (nSPS) is 11.9. The first-order valence-corrected chi connectivity index (χ1v) is 4.72. The van der Waals surface area contributed by atoms with Crippen molar-refractivity contribution in [2.45, 2.75) is 13.3 Å². The van der Waals surface area contributed by atoms with E-state index in [4.69, 9.17) is 16.9 Å². The van der Waals surface area contributed by atoms with Crippen LogP contribution in [-0.4, -0.2) is 0 Å². The summed E-state index contributed by atoms with van der Waals surface area (Å²) in [5, 5.41) is 8.68. The van der Waals surface area contributed by atoms with Crippen molar-refractivity contribution in [2.24, 2.45) is 0 Å². The minimum absolute atomic E-state index is 0.0306. The first-order valence-electron chi connectivity index (χ1n) is 4.34. The first kappa shape index (κ1) is 11.7. The summed E-state index contributed by atoms with van der Waals surface area (Å²) in [5.74, 6) is -1.22. The Balaban J connectivity index is 3.34. The van der Waals surface area contributed by atoms with Crippen LogP contribution in [0.3, 0.4) is 0 Å². The van der Waals surface area contributed by atoms with Crippen molar-refractivity contribution in [1.29, 1.82) is 5.26 Å². The Morgan fingerprint density at radius 3 is 2.67 bits per heavy atom. The Bertz CT molecular complexity index is 446. The van der Waals surface area contributed by atoms with Crippen LogP contribution in [0.5, 0.6) is 0 Å². The van der Waals surface area contributed by atoms with E-state index in [0.29, 0.717) is 6.42 Å². The molecule has 0 unspecified atom stereocenters. The molecule has 1 aromatic rings. The second kappa shape index (κ2) is 4.90. The van der Waals surface area contributed by atoms with Crippen LogP contribution >= 0.6 is 11.6 Å². The van der Waals surface area contributed by atoms with Crippen LogP contribution in [0.1, 0.15) is 18.9 Å². The zero-order chi connectivity index (χ0) is 11.4. The van der Waals surface area contributed by atoms with Gasteiger partial charge in [-0.05, 0) is 24.6 Å². The number of nitrogens with zero attached hydrogens (tertiary/aromatic N) is 1. The molecule has 0 heterocycles. The van der Waals surface area contributed by atoms with Gasteiger partial charge in [-0.15, -0.1) is 0 Å². The van der Waals surface area contributed by atoms with Crippen molar-refractivity contribution < 1.29 is 8.78 Å². The molecule has 0 aliphatic rings. The third-order valence-electron chi connectivity index (χ3n) is 1.92. The smallest absolute Gasteiger partial charge is 0.132 e. The molecule has 0 spiro atoms. The fraction of sp³-hybridized carbons (Fsp3) is 0.182. The highest BCUT2D eigenvalue weighted by atomic mass is 35.5. The van der Waals surface area contributed by atoms with Gasteiger partial charge in [0.05, 0.1) is 11.1 Å². The monoisotopic (exact) mass is 227 g/mol. The van der Waals surface area contributed by atoms with Crippen molar-refractivity contribution in [2.75, 3.05) is 0 Å². The summed E-state index contributed by atoms with van der Waals surface area (Å²) >= 11 is 5.80. The van der Waals surface area contributed by atoms with Gasteiger partial charge in [-0.2, -0.15) is 5.26 Å². The number of nitriles is 1. The van der Waals surface area contributed by atoms with E-state index in [-0.39, 0.29) is 16.2 Å². The number of halogens is 3. The molecule has 0 bridgehead atoms. The second-order valence-electron chi connectivity index (χ2n) is 2.88. The van der Waals surface area contributed by atoms with E-state index in [2.05, 4.69) is 0 Å². The minimum Gasteiger partial charge on any atom is -0.207 e. The highest BCUT2D eigenvalue weighted by Gasteiger charge is 2.11. The van der Waals surface area contributed by atoms with Crippen LogP contribution in [-0.2, 0) is 0 Å². The lowest BCUT2D eigenvalue weighted by molar-refractivity contribution is 0.597. The van der Waals surface area contributed by atoms with Crippen LogP contribution in [0.4, 0.5) is 8.78 Å². The number of allylic oxidation sites excluding steroid dienone is 1. The predicted octanol–water partition coefficient (Wildman–Crippen LogP) is 3.85. The Morgan fingerprint density at radius 2 is 2.13 bits per heavy atom. The largest absolute Gasteiger partial charge is 0.207 e. The molecule has 0 saturated carbocycles. The van der Waals surface area contributed by atoms with Gasteiger partial charge < -0.3 is 0 Å². The number of benzene rings is 1. The molecule has 0 aromatic heterocycles. The molecule has 4 heteroatoms. The van der Waals surface area contributed by atoms with Crippen LogP contribution in [0.2, 0.25) is 0 Å². The van der Waals surface area contributed by atoms with Gasteiger partial charge in [-0.3, -0.25) is 0 Å². The summed E-state index contributed by atoms with van der Waals surface area (Å²) in [6.45, 7) is 1.72. The maximum absolute atomic E-state index is 13.3. The number of rotatable bonds is 2. The maximum atomic E-state index is 13.3. The summed E-state index contributed by atoms with van der Waals surface area (Å²) in [6.07, 6.45) is 0.380. The Morgan fingerprint density at radius 1 is 1.47 bits per heavy atom. The van der Waals surface area contributed by atoms with E-state index in [1.54, 1.807) is 6.92 Å². The molecule has 0 aliphatic carbocycles. The van der Waals surface area contributed by atoms with Gasteiger partial charge in [0.15, 0.2) is 0 Å². The number of hydrogen-bond acceptors (Lipinski definition) is 1. The standard InChI is InChI=1S/C11H8ClF2N/c1-2-7(6-15)11(12)9-5-8(13)3-4-10(9)14/h3-5H,2H2,1H3. The van der Waals surface area contributed by atoms with E-state index in [9.17, 15) is 8.78 Å². The lowest BCUT2D eigenvalue weighted by atomic mass is 10.1. The van der Waals surface area contributed by atoms with E-state index >= 15 is 0 Å². The summed E-state index contributed by atoms with van der Waals surface area (Å²) in [4.78, 5) is 0. The zero-order valence-electron chi connectivity index (χ0n) is 8.02. The van der Waals surface area contributed by atoms with Gasteiger partial charge in [0.2, 0.25) is 0 Å². The fourth-order valence-electron chi connectivity index (χ4n) is 1.11. The minimum atomic E-state index is -0.636. The molecule has 0 amide bonds. The third kappa shape index (κ3) is 2.54. The molecule has 15 heavy (non-hydrogen) atoms. The van der Waals surface area contributed by atoms with Gasteiger partial charge in [0.25, 0.3) is 0 Å². The van der Waals surface area contributed by atoms with Crippen molar-refractivity contribution in [3.05, 3.63) is 41.0 Å². The van der Waals surface area contributed by atoms with E-state index < -0.39 is 11.6 Å². The van der Waals surface area contributed by atoms with Crippen molar-refractivity contribution >= 4 is 16.6 Å². The summed E-state index contributed by atoms with van der Waals surface area (Å²) < 4.78 is 26.1. The molecule has 0 radical (unpaired) electrons. The van der Waals surface area contributed by atoms with Crippen LogP contribution in [0.25, 0.3) is 5.03 Å². The molecule has 1 rings (SSSR count). The Labute approximate surface area is 91.6 Å². The average molecular weight is 228 g/mol. The van der Waals surface area contributed by atoms with Gasteiger partial charge in [-0.1, -0.05) is 18.5 Å². The highest BCUT2D eigenvalue weighted by molar-refractivity contribution is 6.49. The van der Waals surface area contributed by atoms with E-state index in [1.807, 2.05) is 6.07 Å². The van der Waals surface area contributed by atoms with Crippen LogP contribution < -0.4 is 0 Å². The van der Waals surface area contributed by atoms with Gasteiger partial charge in [-0.25, -0.2) is 8.78 Å². The lowest BCUT2D eigenvalue weighted by Crippen LogP contribution is -1.90. The van der Waals surface area contributed by atoms with Crippen molar-refractivity contribution in [3.63, 3.8) is 0 Å². The Hall–Kier alpha value is -1.40. The molecular formula is C11H8ClF2N. The first-order chi connectivity index (χ1) is 7.10. The summed E-state index contributed by atoms with van der Waals surface area (Å²) in [6, 6.07) is 4.82. The summed E-state index contributed by atoms with van der Waals surface area (Å²) in [5.41, 5.74) is 0.163.